The zero-order valence-electron chi connectivity index (χ0n) is 14.9. The second-order valence-electron chi connectivity index (χ2n) is 6.22. The number of imidazole rings is 1. The zero-order chi connectivity index (χ0) is 19.4. The van der Waals surface area contributed by atoms with Crippen LogP contribution in [0, 0.1) is 0 Å². The summed E-state index contributed by atoms with van der Waals surface area (Å²) in [5.74, 6) is -0.340. The summed E-state index contributed by atoms with van der Waals surface area (Å²) in [5, 5.41) is 2.69. The van der Waals surface area contributed by atoms with Crippen LogP contribution >= 0.6 is 0 Å². The van der Waals surface area contributed by atoms with Crippen LogP contribution in [0.5, 0.6) is 0 Å². The molecule has 1 fully saturated rings. The summed E-state index contributed by atoms with van der Waals surface area (Å²) >= 11 is 0. The first-order valence-electron chi connectivity index (χ1n) is 8.47. The normalized spacial score (nSPS) is 15.5. The predicted octanol–water partition coefficient (Wildman–Crippen LogP) is 0.375. The monoisotopic (exact) mass is 391 g/mol. The molecule has 1 N–H and O–H groups in total. The van der Waals surface area contributed by atoms with Gasteiger partial charge in [0.1, 0.15) is 6.54 Å². The molecule has 2 amide bonds. The van der Waals surface area contributed by atoms with E-state index in [1.165, 1.54) is 29.7 Å². The first-order valence-corrected chi connectivity index (χ1v) is 9.91. The third kappa shape index (κ3) is 4.52. The van der Waals surface area contributed by atoms with Crippen molar-refractivity contribution in [1.29, 1.82) is 0 Å². The summed E-state index contributed by atoms with van der Waals surface area (Å²) in [6.07, 6.45) is 4.77. The van der Waals surface area contributed by atoms with E-state index in [2.05, 4.69) is 10.3 Å². The first-order chi connectivity index (χ1) is 12.9. The van der Waals surface area contributed by atoms with E-state index >= 15 is 0 Å². The van der Waals surface area contributed by atoms with E-state index in [9.17, 15) is 18.0 Å². The van der Waals surface area contributed by atoms with Crippen LogP contribution < -0.4 is 5.32 Å². The third-order valence-electron chi connectivity index (χ3n) is 4.32. The maximum Gasteiger partial charge on any atom is 0.244 e. The Balaban J connectivity index is 1.69. The van der Waals surface area contributed by atoms with Crippen molar-refractivity contribution >= 4 is 27.5 Å². The lowest BCUT2D eigenvalue weighted by Crippen LogP contribution is -2.49. The standard InChI is InChI=1S/C17H21N5O4S/c1-14(23)21-7-9-22(10-8-21)27(25,26)16-4-2-3-15(11-16)19-17(24)12-20-6-5-18-13-20/h2-6,11,13H,7-10,12H2,1H3,(H,19,24). The van der Waals surface area contributed by atoms with Gasteiger partial charge in [-0.2, -0.15) is 4.31 Å². The van der Waals surface area contributed by atoms with Gasteiger partial charge in [0.25, 0.3) is 0 Å². The molecular weight excluding hydrogens is 370 g/mol. The van der Waals surface area contributed by atoms with Crippen molar-refractivity contribution in [3.8, 4) is 0 Å². The molecule has 0 aliphatic carbocycles. The smallest absolute Gasteiger partial charge is 0.244 e. The number of anilines is 1. The third-order valence-corrected chi connectivity index (χ3v) is 6.22. The molecule has 0 radical (unpaired) electrons. The average molecular weight is 391 g/mol. The van der Waals surface area contributed by atoms with Crippen molar-refractivity contribution in [3.05, 3.63) is 43.0 Å². The van der Waals surface area contributed by atoms with Gasteiger partial charge in [0.05, 0.1) is 11.2 Å². The number of sulfonamides is 1. The average Bonchev–Trinajstić information content (AvgIpc) is 3.14. The van der Waals surface area contributed by atoms with Gasteiger partial charge in [-0.25, -0.2) is 13.4 Å². The molecule has 1 saturated heterocycles. The number of rotatable bonds is 5. The van der Waals surface area contributed by atoms with Gasteiger partial charge in [-0.1, -0.05) is 6.07 Å². The second kappa shape index (κ2) is 7.89. The summed E-state index contributed by atoms with van der Waals surface area (Å²) in [4.78, 5) is 29.1. The van der Waals surface area contributed by atoms with E-state index in [1.807, 2.05) is 0 Å². The Morgan fingerprint density at radius 2 is 1.93 bits per heavy atom. The van der Waals surface area contributed by atoms with Crippen molar-refractivity contribution in [1.82, 2.24) is 18.8 Å². The summed E-state index contributed by atoms with van der Waals surface area (Å²) in [7, 11) is -3.69. The first kappa shape index (κ1) is 19.1. The Kier molecular flexibility index (Phi) is 5.57. The molecule has 2 heterocycles. The van der Waals surface area contributed by atoms with Crippen LogP contribution in [0.15, 0.2) is 47.9 Å². The number of hydrogen-bond donors (Lipinski definition) is 1. The molecule has 27 heavy (non-hydrogen) atoms. The molecule has 10 heteroatoms. The summed E-state index contributed by atoms with van der Waals surface area (Å²) < 4.78 is 28.7. The van der Waals surface area contributed by atoms with Gasteiger partial charge in [-0.05, 0) is 18.2 Å². The minimum Gasteiger partial charge on any atom is -0.340 e. The van der Waals surface area contributed by atoms with Crippen molar-refractivity contribution in [2.75, 3.05) is 31.5 Å². The van der Waals surface area contributed by atoms with Crippen LogP contribution in [0.2, 0.25) is 0 Å². The Bertz CT molecular complexity index is 919. The summed E-state index contributed by atoms with van der Waals surface area (Å²) in [5.41, 5.74) is 0.406. The molecule has 1 aromatic heterocycles. The molecule has 2 aromatic rings. The van der Waals surface area contributed by atoms with Gasteiger partial charge < -0.3 is 14.8 Å². The van der Waals surface area contributed by atoms with E-state index in [0.717, 1.165) is 0 Å². The minimum atomic E-state index is -3.69. The molecule has 1 aliphatic rings. The Hall–Kier alpha value is -2.72. The number of benzene rings is 1. The van der Waals surface area contributed by atoms with Crippen molar-refractivity contribution in [2.45, 2.75) is 18.4 Å². The molecule has 3 rings (SSSR count). The highest BCUT2D eigenvalue weighted by Crippen LogP contribution is 2.21. The number of nitrogens with one attached hydrogen (secondary N) is 1. The molecular formula is C17H21N5O4S. The van der Waals surface area contributed by atoms with Crippen LogP contribution in [0.1, 0.15) is 6.92 Å². The number of aromatic nitrogens is 2. The lowest BCUT2D eigenvalue weighted by molar-refractivity contribution is -0.130. The maximum absolute atomic E-state index is 12.9. The van der Waals surface area contributed by atoms with Gasteiger partial charge in [-0.15, -0.1) is 0 Å². The number of carbonyl (C=O) groups excluding carboxylic acids is 2. The van der Waals surface area contributed by atoms with Crippen LogP contribution in [-0.2, 0) is 26.2 Å². The molecule has 1 aromatic carbocycles. The number of nitrogens with zero attached hydrogens (tertiary/aromatic N) is 4. The zero-order valence-corrected chi connectivity index (χ0v) is 15.7. The molecule has 1 aliphatic heterocycles. The van der Waals surface area contributed by atoms with Gasteiger partial charge in [-0.3, -0.25) is 9.59 Å². The number of amides is 2. The summed E-state index contributed by atoms with van der Waals surface area (Å²) in [6, 6.07) is 6.17. The SMILES string of the molecule is CC(=O)N1CCN(S(=O)(=O)c2cccc(NC(=O)Cn3ccnc3)c2)CC1. The fourth-order valence-corrected chi connectivity index (χ4v) is 4.34. The Morgan fingerprint density at radius 3 is 2.56 bits per heavy atom. The highest BCUT2D eigenvalue weighted by molar-refractivity contribution is 7.89. The largest absolute Gasteiger partial charge is 0.340 e. The molecule has 0 bridgehead atoms. The van der Waals surface area contributed by atoms with E-state index in [0.29, 0.717) is 18.8 Å². The van der Waals surface area contributed by atoms with Gasteiger partial charge in [0.15, 0.2) is 0 Å². The number of carbonyl (C=O) groups is 2. The van der Waals surface area contributed by atoms with Crippen LogP contribution in [0.3, 0.4) is 0 Å². The Morgan fingerprint density at radius 1 is 1.19 bits per heavy atom. The highest BCUT2D eigenvalue weighted by Gasteiger charge is 2.29. The van der Waals surface area contributed by atoms with Crippen molar-refractivity contribution in [3.63, 3.8) is 0 Å². The molecule has 9 nitrogen and oxygen atoms in total. The van der Waals surface area contributed by atoms with Crippen molar-refractivity contribution in [2.24, 2.45) is 0 Å². The highest BCUT2D eigenvalue weighted by atomic mass is 32.2. The lowest BCUT2D eigenvalue weighted by Gasteiger charge is -2.33. The van der Waals surface area contributed by atoms with Crippen LogP contribution in [-0.4, -0.2) is 65.2 Å². The topological polar surface area (TPSA) is 105 Å². The Labute approximate surface area is 157 Å². The molecule has 0 unspecified atom stereocenters. The second-order valence-corrected chi connectivity index (χ2v) is 8.16. The molecule has 144 valence electrons. The van der Waals surface area contributed by atoms with Gasteiger partial charge >= 0.3 is 0 Å². The van der Waals surface area contributed by atoms with Gasteiger partial charge in [0.2, 0.25) is 21.8 Å². The molecule has 0 saturated carbocycles. The van der Waals surface area contributed by atoms with E-state index in [1.54, 1.807) is 34.0 Å². The van der Waals surface area contributed by atoms with Crippen molar-refractivity contribution < 1.29 is 18.0 Å². The molecule has 0 spiro atoms. The minimum absolute atomic E-state index is 0.0605. The van der Waals surface area contributed by atoms with E-state index < -0.39 is 10.0 Å². The van der Waals surface area contributed by atoms with E-state index in [4.69, 9.17) is 0 Å². The number of hydrogen-bond acceptors (Lipinski definition) is 5. The summed E-state index contributed by atoms with van der Waals surface area (Å²) in [6.45, 7) is 2.80. The van der Waals surface area contributed by atoms with E-state index in [-0.39, 0.29) is 36.3 Å². The lowest BCUT2D eigenvalue weighted by atomic mass is 10.3. The van der Waals surface area contributed by atoms with Crippen LogP contribution in [0.4, 0.5) is 5.69 Å². The van der Waals surface area contributed by atoms with Gasteiger partial charge in [0, 0.05) is 51.2 Å². The quantitative estimate of drug-likeness (QED) is 0.793. The number of piperazine rings is 1. The maximum atomic E-state index is 12.9. The molecule has 0 atom stereocenters. The fraction of sp³-hybridized carbons (Fsp3) is 0.353. The fourth-order valence-electron chi connectivity index (χ4n) is 2.87. The van der Waals surface area contributed by atoms with Crippen LogP contribution in [0.25, 0.3) is 0 Å². The predicted molar refractivity (Wildman–Crippen MR) is 98.3 cm³/mol.